The normalized spacial score (nSPS) is 14.2. The molecular formula is C54H40O2S3. The SMILES string of the molecule is Cc1ccc(C2=CC(=C(c3cccs3)c3ccc(C(=C4C=C(c5ccc(C)cc5)C(=O)C(c5ccc(C)cc5)=C4)c4cccs4)s3)C=C(c3ccc(C)cc3)C2=O)cc1. The number of carbonyl (C=O) groups excluding carboxylic acids is 2. The first-order chi connectivity index (χ1) is 28.7. The van der Waals surface area contributed by atoms with Crippen LogP contribution in [0.15, 0.2) is 180 Å². The molecule has 286 valence electrons. The van der Waals surface area contributed by atoms with Gasteiger partial charge in [-0.3, -0.25) is 9.59 Å². The highest BCUT2D eigenvalue weighted by Crippen LogP contribution is 2.45. The summed E-state index contributed by atoms with van der Waals surface area (Å²) < 4.78 is 0. The van der Waals surface area contributed by atoms with Gasteiger partial charge in [-0.25, -0.2) is 0 Å². The van der Waals surface area contributed by atoms with Gasteiger partial charge in [-0.15, -0.1) is 34.0 Å². The Bertz CT molecular complexity index is 2580. The highest BCUT2D eigenvalue weighted by Gasteiger charge is 2.28. The average Bonchev–Trinajstić information content (AvgIpc) is 4.07. The molecule has 0 saturated heterocycles. The molecule has 0 aliphatic heterocycles. The van der Waals surface area contributed by atoms with E-state index in [1.165, 1.54) is 0 Å². The van der Waals surface area contributed by atoms with E-state index in [0.717, 1.165) is 86.3 Å². The van der Waals surface area contributed by atoms with Crippen molar-refractivity contribution in [3.63, 3.8) is 0 Å². The number of benzene rings is 4. The fraction of sp³-hybridized carbons (Fsp3) is 0.0741. The lowest BCUT2D eigenvalue weighted by Crippen LogP contribution is -2.10. The minimum atomic E-state index is 0.0164. The standard InChI is InChI=1S/C54H40O2S3/c1-33-9-17-37(18-10-33)43-29-41(30-44(53(43)55)38-19-11-34(2)12-20-38)51(47-7-5-27-57-47)49-25-26-50(59-49)52(48-8-6-28-58-48)42-31-45(39-21-13-35(3)14-22-39)54(56)46(32-42)40-23-15-36(4)16-24-40/h5-32H,1-4H3. The van der Waals surface area contributed by atoms with Crippen molar-refractivity contribution in [1.82, 2.24) is 0 Å². The fourth-order valence-electron chi connectivity index (χ4n) is 7.60. The quantitative estimate of drug-likeness (QED) is 0.153. The van der Waals surface area contributed by atoms with E-state index < -0.39 is 0 Å². The Kier molecular flexibility index (Phi) is 10.5. The molecular weight excluding hydrogens is 777 g/mol. The Morgan fingerprint density at radius 1 is 0.356 bits per heavy atom. The van der Waals surface area contributed by atoms with E-state index in [4.69, 9.17) is 0 Å². The minimum absolute atomic E-state index is 0.0164. The van der Waals surface area contributed by atoms with Crippen LogP contribution in [0, 0.1) is 27.7 Å². The average molecular weight is 817 g/mol. The van der Waals surface area contributed by atoms with Gasteiger partial charge >= 0.3 is 0 Å². The van der Waals surface area contributed by atoms with E-state index in [1.807, 2.05) is 48.5 Å². The number of thiophene rings is 3. The van der Waals surface area contributed by atoms with E-state index >= 15 is 0 Å². The van der Waals surface area contributed by atoms with E-state index in [0.29, 0.717) is 22.3 Å². The number of Topliss-reactive ketones (excluding diaryl/α,β-unsaturated/α-hetero) is 2. The Balaban J connectivity index is 1.27. The summed E-state index contributed by atoms with van der Waals surface area (Å²) in [5, 5.41) is 4.22. The lowest BCUT2D eigenvalue weighted by atomic mass is 9.84. The second-order valence-corrected chi connectivity index (χ2v) is 18.1. The van der Waals surface area contributed by atoms with Crippen molar-refractivity contribution in [3.05, 3.63) is 244 Å². The van der Waals surface area contributed by atoms with Crippen LogP contribution in [0.2, 0.25) is 0 Å². The van der Waals surface area contributed by atoms with Gasteiger partial charge in [0, 0.05) is 52.9 Å². The van der Waals surface area contributed by atoms with E-state index in [2.05, 4.69) is 148 Å². The van der Waals surface area contributed by atoms with Crippen molar-refractivity contribution in [2.75, 3.05) is 0 Å². The molecule has 9 rings (SSSR count). The summed E-state index contributed by atoms with van der Waals surface area (Å²) in [5.74, 6) is 0.0329. The van der Waals surface area contributed by atoms with Gasteiger partial charge in [-0.05, 0) is 120 Å². The molecule has 0 N–H and O–H groups in total. The van der Waals surface area contributed by atoms with Gasteiger partial charge < -0.3 is 0 Å². The molecule has 3 aromatic heterocycles. The Morgan fingerprint density at radius 2 is 0.644 bits per heavy atom. The summed E-state index contributed by atoms with van der Waals surface area (Å²) in [6.07, 6.45) is 8.32. The lowest BCUT2D eigenvalue weighted by Gasteiger charge is -2.20. The second kappa shape index (κ2) is 16.2. The largest absolute Gasteiger partial charge is 0.289 e. The number of allylic oxidation sites excluding steroid dienone is 10. The Hall–Kier alpha value is -6.24. The number of aryl methyl sites for hydroxylation is 4. The summed E-state index contributed by atoms with van der Waals surface area (Å²) in [6, 6.07) is 45.9. The van der Waals surface area contributed by atoms with Crippen molar-refractivity contribution in [1.29, 1.82) is 0 Å². The summed E-state index contributed by atoms with van der Waals surface area (Å²) in [4.78, 5) is 33.3. The molecule has 2 aliphatic carbocycles. The van der Waals surface area contributed by atoms with Gasteiger partial charge in [-0.1, -0.05) is 131 Å². The molecule has 3 heterocycles. The first-order valence-corrected chi connectivity index (χ1v) is 22.2. The molecule has 0 spiro atoms. The van der Waals surface area contributed by atoms with Crippen molar-refractivity contribution in [2.24, 2.45) is 0 Å². The Labute approximate surface area is 357 Å². The molecule has 4 aromatic carbocycles. The van der Waals surface area contributed by atoms with Crippen LogP contribution in [0.1, 0.15) is 64.0 Å². The van der Waals surface area contributed by atoms with Crippen LogP contribution >= 0.6 is 34.0 Å². The molecule has 0 saturated carbocycles. The highest BCUT2D eigenvalue weighted by molar-refractivity contribution is 7.16. The highest BCUT2D eigenvalue weighted by atomic mass is 32.1. The zero-order chi connectivity index (χ0) is 40.6. The molecule has 59 heavy (non-hydrogen) atoms. The molecule has 2 nitrogen and oxygen atoms in total. The van der Waals surface area contributed by atoms with Crippen LogP contribution in [0.25, 0.3) is 33.4 Å². The van der Waals surface area contributed by atoms with E-state index in [-0.39, 0.29) is 11.6 Å². The summed E-state index contributed by atoms with van der Waals surface area (Å²) in [6.45, 7) is 8.26. The van der Waals surface area contributed by atoms with Crippen molar-refractivity contribution in [3.8, 4) is 0 Å². The number of hydrogen-bond acceptors (Lipinski definition) is 5. The predicted molar refractivity (Wildman–Crippen MR) is 252 cm³/mol. The second-order valence-electron chi connectivity index (χ2n) is 15.1. The van der Waals surface area contributed by atoms with Gasteiger partial charge in [0.15, 0.2) is 11.6 Å². The monoisotopic (exact) mass is 816 g/mol. The lowest BCUT2D eigenvalue weighted by molar-refractivity contribution is -0.109. The van der Waals surface area contributed by atoms with Crippen molar-refractivity contribution < 1.29 is 9.59 Å². The molecule has 0 amide bonds. The van der Waals surface area contributed by atoms with E-state index in [9.17, 15) is 9.59 Å². The first-order valence-electron chi connectivity index (χ1n) is 19.6. The zero-order valence-electron chi connectivity index (χ0n) is 33.2. The first kappa shape index (κ1) is 38.3. The molecule has 0 unspecified atom stereocenters. The van der Waals surface area contributed by atoms with Crippen LogP contribution < -0.4 is 0 Å². The van der Waals surface area contributed by atoms with Crippen LogP contribution in [-0.2, 0) is 9.59 Å². The Morgan fingerprint density at radius 3 is 0.898 bits per heavy atom. The smallest absolute Gasteiger partial charge is 0.194 e. The van der Waals surface area contributed by atoms with Crippen LogP contribution in [0.4, 0.5) is 0 Å². The van der Waals surface area contributed by atoms with E-state index in [1.54, 1.807) is 34.0 Å². The third kappa shape index (κ3) is 7.73. The van der Waals surface area contributed by atoms with Crippen molar-refractivity contribution in [2.45, 2.75) is 27.7 Å². The van der Waals surface area contributed by atoms with Gasteiger partial charge in [-0.2, -0.15) is 0 Å². The summed E-state index contributed by atoms with van der Waals surface area (Å²) in [5.41, 5.74) is 15.0. The fourth-order valence-corrected chi connectivity index (χ4v) is 10.5. The summed E-state index contributed by atoms with van der Waals surface area (Å²) >= 11 is 5.14. The molecule has 0 fully saturated rings. The molecule has 0 atom stereocenters. The van der Waals surface area contributed by atoms with Crippen LogP contribution in [-0.4, -0.2) is 11.6 Å². The molecule has 0 bridgehead atoms. The number of ketones is 2. The maximum Gasteiger partial charge on any atom is 0.194 e. The van der Waals surface area contributed by atoms with Gasteiger partial charge in [0.05, 0.1) is 0 Å². The van der Waals surface area contributed by atoms with Crippen molar-refractivity contribution >= 4 is 79.0 Å². The van der Waals surface area contributed by atoms with Gasteiger partial charge in [0.25, 0.3) is 0 Å². The minimum Gasteiger partial charge on any atom is -0.289 e. The third-order valence-electron chi connectivity index (χ3n) is 10.8. The van der Waals surface area contributed by atoms with Gasteiger partial charge in [0.2, 0.25) is 0 Å². The topological polar surface area (TPSA) is 34.1 Å². The summed E-state index contributed by atoms with van der Waals surface area (Å²) in [7, 11) is 0. The number of rotatable bonds is 8. The maximum absolute atomic E-state index is 14.4. The van der Waals surface area contributed by atoms with Gasteiger partial charge in [0.1, 0.15) is 0 Å². The molecule has 7 aromatic rings. The predicted octanol–water partition coefficient (Wildman–Crippen LogP) is 14.2. The van der Waals surface area contributed by atoms with Crippen LogP contribution in [0.3, 0.4) is 0 Å². The number of carbonyl (C=O) groups is 2. The zero-order valence-corrected chi connectivity index (χ0v) is 35.7. The number of hydrogen-bond donors (Lipinski definition) is 0. The molecule has 2 aliphatic rings. The third-order valence-corrected chi connectivity index (χ3v) is 13.7. The van der Waals surface area contributed by atoms with Crippen LogP contribution in [0.5, 0.6) is 0 Å². The molecule has 0 radical (unpaired) electrons. The maximum atomic E-state index is 14.4. The molecule has 5 heteroatoms.